The van der Waals surface area contributed by atoms with E-state index in [9.17, 15) is 30.8 Å². The zero-order valence-corrected chi connectivity index (χ0v) is 25.0. The fraction of sp³-hybridized carbons (Fsp3) is 0.355. The minimum atomic E-state index is -4.82. The summed E-state index contributed by atoms with van der Waals surface area (Å²) in [6, 6.07) is 16.3. The smallest absolute Gasteiger partial charge is 0.339 e. The first-order chi connectivity index (χ1) is 20.0. The third-order valence-electron chi connectivity index (χ3n) is 6.75. The number of halogens is 4. The summed E-state index contributed by atoms with van der Waals surface area (Å²) in [6.07, 6.45) is -4.67. The van der Waals surface area contributed by atoms with Gasteiger partial charge in [0.1, 0.15) is 11.7 Å². The fourth-order valence-corrected chi connectivity index (χ4v) is 5.14. The van der Waals surface area contributed by atoms with Gasteiger partial charge in [0.25, 0.3) is 0 Å². The summed E-state index contributed by atoms with van der Waals surface area (Å²) in [4.78, 5) is 13.4. The van der Waals surface area contributed by atoms with E-state index in [1.165, 1.54) is 50.2 Å². The first-order valence-electron chi connectivity index (χ1n) is 13.4. The molecule has 1 amide bonds. The number of nitriles is 1. The van der Waals surface area contributed by atoms with Gasteiger partial charge in [-0.2, -0.15) is 18.4 Å². The maximum absolute atomic E-state index is 14.7. The highest BCUT2D eigenvalue weighted by Crippen LogP contribution is 2.35. The molecule has 0 saturated heterocycles. The Morgan fingerprint density at radius 2 is 1.44 bits per heavy atom. The van der Waals surface area contributed by atoms with Gasteiger partial charge < -0.3 is 10.6 Å². The number of amides is 1. The zero-order valence-electron chi connectivity index (χ0n) is 24.2. The number of likely N-dealkylation sites (N-methyl/N-ethyl adjacent to an activating group) is 1. The molecular formula is C31H34F4N4O3S. The summed E-state index contributed by atoms with van der Waals surface area (Å²) < 4.78 is 81.2. The number of carbonyl (C=O) groups excluding carboxylic acids is 1. The first kappa shape index (κ1) is 33.7. The Labute approximate surface area is 249 Å². The Morgan fingerprint density at radius 1 is 0.907 bits per heavy atom. The Balaban J connectivity index is 1.83. The predicted octanol–water partition coefficient (Wildman–Crippen LogP) is 5.23. The molecule has 3 rings (SSSR count). The molecule has 0 fully saturated rings. The average molecular weight is 619 g/mol. The van der Waals surface area contributed by atoms with Crippen LogP contribution in [0.15, 0.2) is 77.7 Å². The second-order valence-corrected chi connectivity index (χ2v) is 12.9. The van der Waals surface area contributed by atoms with Gasteiger partial charge in [0.15, 0.2) is 9.84 Å². The van der Waals surface area contributed by atoms with E-state index in [0.717, 1.165) is 11.8 Å². The summed E-state index contributed by atoms with van der Waals surface area (Å²) in [7, 11) is -1.83. The molecule has 3 aromatic carbocycles. The minimum absolute atomic E-state index is 0.117. The second-order valence-electron chi connectivity index (χ2n) is 10.9. The van der Waals surface area contributed by atoms with Crippen LogP contribution in [0.3, 0.4) is 0 Å². The normalized spacial score (nSPS) is 14.4. The quantitative estimate of drug-likeness (QED) is 0.189. The number of benzene rings is 3. The van der Waals surface area contributed by atoms with Crippen LogP contribution < -0.4 is 16.0 Å². The first-order valence-corrected chi connectivity index (χ1v) is 15.3. The summed E-state index contributed by atoms with van der Waals surface area (Å²) in [5, 5.41) is 16.9. The second kappa shape index (κ2) is 13.7. The van der Waals surface area contributed by atoms with E-state index >= 15 is 0 Å². The highest BCUT2D eigenvalue weighted by molar-refractivity contribution is 7.90. The number of rotatable bonds is 12. The molecule has 12 heteroatoms. The molecule has 0 aliphatic carbocycles. The molecule has 0 aliphatic rings. The monoisotopic (exact) mass is 618 g/mol. The molecular weight excluding hydrogens is 584 g/mol. The lowest BCUT2D eigenvalue weighted by atomic mass is 9.96. The van der Waals surface area contributed by atoms with Gasteiger partial charge in [0.05, 0.1) is 28.7 Å². The highest BCUT2D eigenvalue weighted by atomic mass is 32.2. The molecule has 0 aliphatic heterocycles. The van der Waals surface area contributed by atoms with Crippen molar-refractivity contribution < 1.29 is 30.8 Å². The standard InChI is InChI=1S/C31H34F4N4O3S/c1-30(2,32)18-26(29(40)39-27(37-3)17-20-5-7-21(19-36)8-6-20)38-28(31(33,34)35)24-11-9-22(10-12-24)23-13-15-25(16-14-23)43(4,41)42/h5-16,26-28,37-38H,17-18H2,1-4H3,(H,39,40)/t26-,27-,28-/m0/s1. The molecule has 0 aromatic heterocycles. The van der Waals surface area contributed by atoms with Gasteiger partial charge in [0, 0.05) is 19.1 Å². The molecule has 0 radical (unpaired) electrons. The third kappa shape index (κ3) is 9.88. The van der Waals surface area contributed by atoms with Gasteiger partial charge in [-0.15, -0.1) is 0 Å². The number of carbonyl (C=O) groups is 1. The molecule has 7 nitrogen and oxygen atoms in total. The topological polar surface area (TPSA) is 111 Å². The minimum Gasteiger partial charge on any atom is -0.339 e. The van der Waals surface area contributed by atoms with Gasteiger partial charge in [-0.3, -0.25) is 10.1 Å². The van der Waals surface area contributed by atoms with Crippen LogP contribution in [0.1, 0.15) is 43.0 Å². The molecule has 43 heavy (non-hydrogen) atoms. The van der Waals surface area contributed by atoms with Crippen LogP contribution in [0, 0.1) is 11.3 Å². The van der Waals surface area contributed by atoms with Crippen LogP contribution in [-0.4, -0.2) is 51.7 Å². The van der Waals surface area contributed by atoms with E-state index in [1.807, 2.05) is 6.07 Å². The molecule has 3 aromatic rings. The lowest BCUT2D eigenvalue weighted by Gasteiger charge is -2.31. The lowest BCUT2D eigenvalue weighted by Crippen LogP contribution is -2.55. The van der Waals surface area contributed by atoms with E-state index in [1.54, 1.807) is 43.4 Å². The Bertz CT molecular complexity index is 1530. The van der Waals surface area contributed by atoms with Crippen molar-refractivity contribution in [2.45, 2.75) is 61.7 Å². The van der Waals surface area contributed by atoms with Crippen molar-refractivity contribution in [2.24, 2.45) is 0 Å². The van der Waals surface area contributed by atoms with Crippen molar-refractivity contribution >= 4 is 15.7 Å². The summed E-state index contributed by atoms with van der Waals surface area (Å²) in [6.45, 7) is 2.38. The predicted molar refractivity (Wildman–Crippen MR) is 156 cm³/mol. The van der Waals surface area contributed by atoms with E-state index in [0.29, 0.717) is 16.7 Å². The molecule has 3 atom stereocenters. The van der Waals surface area contributed by atoms with Crippen molar-refractivity contribution in [3.05, 3.63) is 89.5 Å². The molecule has 230 valence electrons. The summed E-state index contributed by atoms with van der Waals surface area (Å²) >= 11 is 0. The van der Waals surface area contributed by atoms with Crippen molar-refractivity contribution in [1.29, 1.82) is 5.26 Å². The maximum atomic E-state index is 14.7. The van der Waals surface area contributed by atoms with E-state index in [-0.39, 0.29) is 16.9 Å². The van der Waals surface area contributed by atoms with Gasteiger partial charge in [0.2, 0.25) is 5.91 Å². The van der Waals surface area contributed by atoms with E-state index in [4.69, 9.17) is 5.26 Å². The highest BCUT2D eigenvalue weighted by Gasteiger charge is 2.44. The fourth-order valence-electron chi connectivity index (χ4n) is 4.50. The number of nitrogens with one attached hydrogen (secondary N) is 3. The lowest BCUT2D eigenvalue weighted by molar-refractivity contribution is -0.161. The largest absolute Gasteiger partial charge is 0.407 e. The summed E-state index contributed by atoms with van der Waals surface area (Å²) in [5.74, 6) is -0.810. The van der Waals surface area contributed by atoms with Crippen LogP contribution in [0.5, 0.6) is 0 Å². The van der Waals surface area contributed by atoms with Gasteiger partial charge in [-0.25, -0.2) is 12.8 Å². The number of nitrogens with zero attached hydrogens (tertiary/aromatic N) is 1. The van der Waals surface area contributed by atoms with Crippen LogP contribution in [-0.2, 0) is 21.1 Å². The number of sulfone groups is 1. The molecule has 3 N–H and O–H groups in total. The van der Waals surface area contributed by atoms with E-state index in [2.05, 4.69) is 16.0 Å². The molecule has 0 spiro atoms. The van der Waals surface area contributed by atoms with Gasteiger partial charge >= 0.3 is 6.18 Å². The van der Waals surface area contributed by atoms with Crippen molar-refractivity contribution in [1.82, 2.24) is 16.0 Å². The number of alkyl halides is 4. The molecule has 0 heterocycles. The Morgan fingerprint density at radius 3 is 1.88 bits per heavy atom. The third-order valence-corrected chi connectivity index (χ3v) is 7.88. The van der Waals surface area contributed by atoms with Crippen LogP contribution in [0.2, 0.25) is 0 Å². The van der Waals surface area contributed by atoms with Crippen LogP contribution in [0.4, 0.5) is 17.6 Å². The van der Waals surface area contributed by atoms with Gasteiger partial charge in [-0.1, -0.05) is 48.5 Å². The van der Waals surface area contributed by atoms with Crippen molar-refractivity contribution in [3.63, 3.8) is 0 Å². The van der Waals surface area contributed by atoms with Crippen LogP contribution >= 0.6 is 0 Å². The molecule has 0 unspecified atom stereocenters. The zero-order chi connectivity index (χ0) is 32.0. The Kier molecular flexibility index (Phi) is 10.7. The molecule has 0 saturated carbocycles. The number of hydrogen-bond donors (Lipinski definition) is 3. The summed E-state index contributed by atoms with van der Waals surface area (Å²) in [5.41, 5.74) is 0.250. The van der Waals surface area contributed by atoms with Gasteiger partial charge in [-0.05, 0) is 67.4 Å². The van der Waals surface area contributed by atoms with Crippen LogP contribution in [0.25, 0.3) is 11.1 Å². The average Bonchev–Trinajstić information content (AvgIpc) is 2.93. The van der Waals surface area contributed by atoms with Crippen molar-refractivity contribution in [3.8, 4) is 17.2 Å². The maximum Gasteiger partial charge on any atom is 0.407 e. The van der Waals surface area contributed by atoms with Crippen molar-refractivity contribution in [2.75, 3.05) is 13.3 Å². The number of hydrogen-bond acceptors (Lipinski definition) is 6. The van der Waals surface area contributed by atoms with E-state index < -0.39 is 52.3 Å². The SMILES string of the molecule is CN[C@H](Cc1ccc(C#N)cc1)NC(=O)[C@H](CC(C)(C)F)N[C@@H](c1ccc(-c2ccc(S(C)(=O)=O)cc2)cc1)C(F)(F)F. The molecule has 0 bridgehead atoms. The Hall–Kier alpha value is -3.79.